The van der Waals surface area contributed by atoms with E-state index in [1.807, 2.05) is 0 Å². The lowest BCUT2D eigenvalue weighted by Crippen LogP contribution is -2.34. The normalized spacial score (nSPS) is 13.3. The van der Waals surface area contributed by atoms with Crippen LogP contribution in [0, 0.1) is 13.8 Å². The number of rotatable bonds is 7. The summed E-state index contributed by atoms with van der Waals surface area (Å²) in [5, 5.41) is 0. The van der Waals surface area contributed by atoms with E-state index < -0.39 is 0 Å². The molecule has 2 N–H and O–H groups in total. The van der Waals surface area contributed by atoms with Crippen LogP contribution in [0.2, 0.25) is 0 Å². The number of benzene rings is 1. The molecule has 0 aromatic heterocycles. The van der Waals surface area contributed by atoms with Crippen molar-refractivity contribution in [3.05, 3.63) is 34.9 Å². The molecule has 3 nitrogen and oxygen atoms in total. The SMILES string of the molecule is Cc1cccc(C)c1C(CN)N(C)CCOC(C)C. The zero-order chi connectivity index (χ0) is 14.4. The first-order valence-electron chi connectivity index (χ1n) is 7.05. The van der Waals surface area contributed by atoms with Crippen LogP contribution in [0.4, 0.5) is 0 Å². The predicted octanol–water partition coefficient (Wildman–Crippen LogP) is 2.66. The molecule has 19 heavy (non-hydrogen) atoms. The first-order valence-corrected chi connectivity index (χ1v) is 7.05. The summed E-state index contributed by atoms with van der Waals surface area (Å²) in [5.41, 5.74) is 9.98. The Hall–Kier alpha value is -0.900. The zero-order valence-electron chi connectivity index (χ0n) is 12.9. The van der Waals surface area contributed by atoms with Crippen LogP contribution >= 0.6 is 0 Å². The van der Waals surface area contributed by atoms with Gasteiger partial charge in [-0.3, -0.25) is 4.90 Å². The summed E-state index contributed by atoms with van der Waals surface area (Å²) in [6.45, 7) is 10.7. The number of nitrogens with two attached hydrogens (primary N) is 1. The average molecular weight is 264 g/mol. The summed E-state index contributed by atoms with van der Waals surface area (Å²) in [6, 6.07) is 6.67. The number of aryl methyl sites for hydroxylation is 2. The summed E-state index contributed by atoms with van der Waals surface area (Å²) < 4.78 is 5.62. The molecule has 0 saturated heterocycles. The van der Waals surface area contributed by atoms with Gasteiger partial charge in [0, 0.05) is 19.1 Å². The van der Waals surface area contributed by atoms with E-state index in [4.69, 9.17) is 10.5 Å². The minimum atomic E-state index is 0.261. The molecule has 1 aromatic rings. The smallest absolute Gasteiger partial charge is 0.0597 e. The second-order valence-electron chi connectivity index (χ2n) is 5.46. The molecule has 0 radical (unpaired) electrons. The van der Waals surface area contributed by atoms with Crippen LogP contribution in [-0.4, -0.2) is 37.7 Å². The van der Waals surface area contributed by atoms with Crippen molar-refractivity contribution in [3.8, 4) is 0 Å². The molecule has 0 amide bonds. The summed E-state index contributed by atoms with van der Waals surface area (Å²) in [4.78, 5) is 2.29. The third-order valence-corrected chi connectivity index (χ3v) is 3.53. The number of ether oxygens (including phenoxy) is 1. The number of hydrogen-bond donors (Lipinski definition) is 1. The molecular formula is C16H28N2O. The molecule has 0 fully saturated rings. The van der Waals surface area contributed by atoms with Crippen molar-refractivity contribution in [2.24, 2.45) is 5.73 Å². The second kappa shape index (κ2) is 7.63. The number of likely N-dealkylation sites (N-methyl/N-ethyl adjacent to an activating group) is 1. The number of hydrogen-bond acceptors (Lipinski definition) is 3. The van der Waals surface area contributed by atoms with Crippen LogP contribution in [0.5, 0.6) is 0 Å². The minimum Gasteiger partial charge on any atom is -0.377 e. The van der Waals surface area contributed by atoms with E-state index in [0.717, 1.165) is 13.2 Å². The molecule has 1 rings (SSSR count). The Morgan fingerprint density at radius 2 is 1.79 bits per heavy atom. The lowest BCUT2D eigenvalue weighted by Gasteiger charge is -2.30. The van der Waals surface area contributed by atoms with Crippen molar-refractivity contribution in [3.63, 3.8) is 0 Å². The van der Waals surface area contributed by atoms with E-state index in [9.17, 15) is 0 Å². The molecule has 0 saturated carbocycles. The first kappa shape index (κ1) is 16.2. The van der Waals surface area contributed by atoms with Crippen LogP contribution in [-0.2, 0) is 4.74 Å². The average Bonchev–Trinajstić information content (AvgIpc) is 2.33. The van der Waals surface area contributed by atoms with Gasteiger partial charge in [-0.2, -0.15) is 0 Å². The van der Waals surface area contributed by atoms with Crippen molar-refractivity contribution in [2.75, 3.05) is 26.7 Å². The van der Waals surface area contributed by atoms with Crippen molar-refractivity contribution < 1.29 is 4.74 Å². The molecule has 0 aliphatic carbocycles. The summed E-state index contributed by atoms with van der Waals surface area (Å²) in [7, 11) is 2.12. The Balaban J connectivity index is 2.76. The maximum atomic E-state index is 5.99. The van der Waals surface area contributed by atoms with Gasteiger partial charge in [0.1, 0.15) is 0 Å². The molecule has 0 heterocycles. The Kier molecular flexibility index (Phi) is 6.49. The molecule has 0 aliphatic heterocycles. The fraction of sp³-hybridized carbons (Fsp3) is 0.625. The molecule has 1 unspecified atom stereocenters. The van der Waals surface area contributed by atoms with E-state index in [2.05, 4.69) is 57.8 Å². The van der Waals surface area contributed by atoms with Crippen LogP contribution in [0.1, 0.15) is 36.6 Å². The molecule has 0 spiro atoms. The topological polar surface area (TPSA) is 38.5 Å². The standard InChI is InChI=1S/C16H28N2O/c1-12(2)19-10-9-18(5)15(11-17)16-13(3)7-6-8-14(16)4/h6-8,12,15H,9-11,17H2,1-5H3. The number of nitrogens with zero attached hydrogens (tertiary/aromatic N) is 1. The van der Waals surface area contributed by atoms with Gasteiger partial charge in [0.2, 0.25) is 0 Å². The van der Waals surface area contributed by atoms with Crippen LogP contribution in [0.15, 0.2) is 18.2 Å². The third kappa shape index (κ3) is 4.60. The Morgan fingerprint density at radius 1 is 1.21 bits per heavy atom. The van der Waals surface area contributed by atoms with Gasteiger partial charge in [0.05, 0.1) is 12.7 Å². The molecular weight excluding hydrogens is 236 g/mol. The predicted molar refractivity (Wildman–Crippen MR) is 81.4 cm³/mol. The molecule has 3 heteroatoms. The quantitative estimate of drug-likeness (QED) is 0.823. The van der Waals surface area contributed by atoms with Gasteiger partial charge >= 0.3 is 0 Å². The largest absolute Gasteiger partial charge is 0.377 e. The molecule has 0 aliphatic rings. The fourth-order valence-electron chi connectivity index (χ4n) is 2.46. The molecule has 1 atom stereocenters. The highest BCUT2D eigenvalue weighted by Gasteiger charge is 2.18. The van der Waals surface area contributed by atoms with E-state index in [0.29, 0.717) is 6.54 Å². The lowest BCUT2D eigenvalue weighted by molar-refractivity contribution is 0.0563. The first-order chi connectivity index (χ1) is 8.97. The second-order valence-corrected chi connectivity index (χ2v) is 5.46. The highest BCUT2D eigenvalue weighted by molar-refractivity contribution is 5.36. The fourth-order valence-corrected chi connectivity index (χ4v) is 2.46. The molecule has 1 aromatic carbocycles. The van der Waals surface area contributed by atoms with Crippen molar-refractivity contribution >= 4 is 0 Å². The van der Waals surface area contributed by atoms with Crippen molar-refractivity contribution in [1.29, 1.82) is 0 Å². The van der Waals surface area contributed by atoms with E-state index in [1.54, 1.807) is 0 Å². The summed E-state index contributed by atoms with van der Waals surface area (Å²) >= 11 is 0. The maximum absolute atomic E-state index is 5.99. The van der Waals surface area contributed by atoms with E-state index >= 15 is 0 Å². The van der Waals surface area contributed by atoms with Gasteiger partial charge in [-0.25, -0.2) is 0 Å². The zero-order valence-corrected chi connectivity index (χ0v) is 12.9. The summed E-state index contributed by atoms with van der Waals surface area (Å²) in [5.74, 6) is 0. The Labute approximate surface area is 117 Å². The monoisotopic (exact) mass is 264 g/mol. The van der Waals surface area contributed by atoms with E-state index in [1.165, 1.54) is 16.7 Å². The van der Waals surface area contributed by atoms with Crippen molar-refractivity contribution in [2.45, 2.75) is 39.8 Å². The summed E-state index contributed by atoms with van der Waals surface area (Å²) in [6.07, 6.45) is 0.282. The highest BCUT2D eigenvalue weighted by atomic mass is 16.5. The van der Waals surface area contributed by atoms with Gasteiger partial charge in [-0.15, -0.1) is 0 Å². The van der Waals surface area contributed by atoms with Crippen LogP contribution < -0.4 is 5.73 Å². The van der Waals surface area contributed by atoms with Gasteiger partial charge in [0.25, 0.3) is 0 Å². The van der Waals surface area contributed by atoms with Crippen LogP contribution in [0.3, 0.4) is 0 Å². The Morgan fingerprint density at radius 3 is 2.26 bits per heavy atom. The minimum absolute atomic E-state index is 0.261. The highest BCUT2D eigenvalue weighted by Crippen LogP contribution is 2.25. The van der Waals surface area contributed by atoms with Gasteiger partial charge in [-0.1, -0.05) is 18.2 Å². The Bertz CT molecular complexity index is 370. The van der Waals surface area contributed by atoms with Crippen molar-refractivity contribution in [1.82, 2.24) is 4.90 Å². The maximum Gasteiger partial charge on any atom is 0.0597 e. The van der Waals surface area contributed by atoms with Gasteiger partial charge in [-0.05, 0) is 51.4 Å². The third-order valence-electron chi connectivity index (χ3n) is 3.53. The molecule has 0 bridgehead atoms. The molecule has 108 valence electrons. The lowest BCUT2D eigenvalue weighted by atomic mass is 9.95. The van der Waals surface area contributed by atoms with E-state index in [-0.39, 0.29) is 12.1 Å². The van der Waals surface area contributed by atoms with Crippen LogP contribution in [0.25, 0.3) is 0 Å². The van der Waals surface area contributed by atoms with Gasteiger partial charge in [0.15, 0.2) is 0 Å². The van der Waals surface area contributed by atoms with Gasteiger partial charge < -0.3 is 10.5 Å².